The number of aliphatic imine (C=N–C) groups is 1. The lowest BCUT2D eigenvalue weighted by Crippen LogP contribution is -2.43. The summed E-state index contributed by atoms with van der Waals surface area (Å²) in [6.45, 7) is 3.74. The maximum Gasteiger partial charge on any atom is 0.191 e. The van der Waals surface area contributed by atoms with Crippen LogP contribution in [0.1, 0.15) is 24.8 Å². The van der Waals surface area contributed by atoms with Gasteiger partial charge in [0.1, 0.15) is 0 Å². The second-order valence-corrected chi connectivity index (χ2v) is 6.43. The topological polar surface area (TPSA) is 54.2 Å². The molecule has 1 aliphatic rings. The molecule has 2 rings (SSSR count). The normalized spacial score (nSPS) is 22.0. The van der Waals surface area contributed by atoms with Gasteiger partial charge in [0.15, 0.2) is 5.96 Å². The average Bonchev–Trinajstić information content (AvgIpc) is 3.06. The zero-order valence-electron chi connectivity index (χ0n) is 13.0. The van der Waals surface area contributed by atoms with E-state index in [1.165, 1.54) is 24.8 Å². The Morgan fingerprint density at radius 2 is 2.33 bits per heavy atom. The van der Waals surface area contributed by atoms with Gasteiger partial charge in [-0.15, -0.1) is 24.0 Å². The maximum absolute atomic E-state index is 4.30. The number of aromatic nitrogens is 2. The molecule has 1 aromatic rings. The second kappa shape index (κ2) is 9.55. The van der Waals surface area contributed by atoms with Crippen LogP contribution >= 0.6 is 35.7 Å². The molecule has 1 aromatic heterocycles. The van der Waals surface area contributed by atoms with Crippen LogP contribution in [0, 0.1) is 6.92 Å². The summed E-state index contributed by atoms with van der Waals surface area (Å²) in [5.74, 6) is 0.903. The van der Waals surface area contributed by atoms with Crippen molar-refractivity contribution >= 4 is 41.7 Å². The molecule has 0 bridgehead atoms. The predicted octanol–water partition coefficient (Wildman–Crippen LogP) is 2.26. The van der Waals surface area contributed by atoms with Gasteiger partial charge in [0.2, 0.25) is 0 Å². The van der Waals surface area contributed by atoms with Gasteiger partial charge >= 0.3 is 0 Å². The first-order chi connectivity index (χ1) is 9.71. The first kappa shape index (κ1) is 18.6. The molecule has 5 nitrogen and oxygen atoms in total. The van der Waals surface area contributed by atoms with Crippen molar-refractivity contribution in [2.75, 3.05) is 19.8 Å². The molecule has 0 amide bonds. The minimum absolute atomic E-state index is 0. The van der Waals surface area contributed by atoms with Gasteiger partial charge < -0.3 is 10.6 Å². The summed E-state index contributed by atoms with van der Waals surface area (Å²) >= 11 is 1.98. The summed E-state index contributed by atoms with van der Waals surface area (Å²) in [6, 6.07) is 0.561. The molecule has 2 N–H and O–H groups in total. The van der Waals surface area contributed by atoms with E-state index in [0.29, 0.717) is 6.04 Å². The molecule has 0 saturated heterocycles. The van der Waals surface area contributed by atoms with E-state index in [-0.39, 0.29) is 24.0 Å². The van der Waals surface area contributed by atoms with E-state index in [1.54, 1.807) is 0 Å². The minimum atomic E-state index is 0. The van der Waals surface area contributed by atoms with Crippen LogP contribution in [0.15, 0.2) is 17.4 Å². The zero-order valence-corrected chi connectivity index (χ0v) is 16.1. The Bertz CT molecular complexity index is 448. The van der Waals surface area contributed by atoms with Crippen LogP contribution in [0.25, 0.3) is 0 Å². The highest BCUT2D eigenvalue weighted by Crippen LogP contribution is 2.27. The first-order valence-corrected chi connectivity index (χ1v) is 8.49. The Kier molecular flexibility index (Phi) is 8.46. The van der Waals surface area contributed by atoms with Crippen molar-refractivity contribution in [2.24, 2.45) is 4.99 Å². The van der Waals surface area contributed by atoms with Crippen molar-refractivity contribution in [3.05, 3.63) is 18.0 Å². The fraction of sp³-hybridized carbons (Fsp3) is 0.714. The summed E-state index contributed by atoms with van der Waals surface area (Å²) in [5, 5.41) is 12.0. The summed E-state index contributed by atoms with van der Waals surface area (Å²) in [5.41, 5.74) is 1.20. The number of thioether (sulfide) groups is 1. The van der Waals surface area contributed by atoms with E-state index < -0.39 is 0 Å². The van der Waals surface area contributed by atoms with Crippen molar-refractivity contribution in [3.63, 3.8) is 0 Å². The number of guanidine groups is 1. The van der Waals surface area contributed by atoms with E-state index in [0.717, 1.165) is 24.3 Å². The fourth-order valence-electron chi connectivity index (χ4n) is 2.55. The van der Waals surface area contributed by atoms with Gasteiger partial charge in [-0.2, -0.15) is 16.9 Å². The molecule has 0 spiro atoms. The molecule has 1 heterocycles. The van der Waals surface area contributed by atoms with Gasteiger partial charge in [0.25, 0.3) is 0 Å². The Labute approximate surface area is 148 Å². The molecule has 0 aromatic carbocycles. The highest BCUT2D eigenvalue weighted by atomic mass is 127. The van der Waals surface area contributed by atoms with Crippen LogP contribution in [0.3, 0.4) is 0 Å². The summed E-state index contributed by atoms with van der Waals surface area (Å²) in [7, 11) is 1.83. The Balaban J connectivity index is 0.00000220. The summed E-state index contributed by atoms with van der Waals surface area (Å²) in [6.07, 6.45) is 9.92. The van der Waals surface area contributed by atoms with Crippen LogP contribution in [-0.2, 0) is 6.54 Å². The SMILES string of the molecule is CN=C(NCCn1cc(C)cn1)NC1CCC(SC)C1.I. The molecule has 1 saturated carbocycles. The van der Waals surface area contributed by atoms with Crippen molar-refractivity contribution < 1.29 is 0 Å². The van der Waals surface area contributed by atoms with Crippen molar-refractivity contribution in [1.82, 2.24) is 20.4 Å². The van der Waals surface area contributed by atoms with Crippen LogP contribution < -0.4 is 10.6 Å². The molecular formula is C14H26IN5S. The number of hydrogen-bond acceptors (Lipinski definition) is 3. The fourth-order valence-corrected chi connectivity index (χ4v) is 3.35. The number of aryl methyl sites for hydroxylation is 1. The standard InChI is InChI=1S/C14H25N5S.HI/c1-11-9-17-19(10-11)7-6-16-14(15-2)18-12-4-5-13(8-12)20-3;/h9-10,12-13H,4-8H2,1-3H3,(H2,15,16,18);1H. The molecule has 0 aliphatic heterocycles. The minimum Gasteiger partial charge on any atom is -0.355 e. The van der Waals surface area contributed by atoms with Gasteiger partial charge in [-0.05, 0) is 38.0 Å². The molecule has 21 heavy (non-hydrogen) atoms. The van der Waals surface area contributed by atoms with E-state index in [1.807, 2.05) is 29.7 Å². The van der Waals surface area contributed by atoms with Crippen LogP contribution in [0.2, 0.25) is 0 Å². The van der Waals surface area contributed by atoms with Gasteiger partial charge in [0, 0.05) is 31.1 Å². The van der Waals surface area contributed by atoms with Crippen LogP contribution in [0.4, 0.5) is 0 Å². The van der Waals surface area contributed by atoms with Gasteiger partial charge in [0.05, 0.1) is 12.7 Å². The smallest absolute Gasteiger partial charge is 0.191 e. The molecule has 0 radical (unpaired) electrons. The molecule has 1 fully saturated rings. The second-order valence-electron chi connectivity index (χ2n) is 5.29. The van der Waals surface area contributed by atoms with Crippen LogP contribution in [0.5, 0.6) is 0 Å². The summed E-state index contributed by atoms with van der Waals surface area (Å²) in [4.78, 5) is 4.30. The quantitative estimate of drug-likeness (QED) is 0.434. The Morgan fingerprint density at radius 1 is 1.52 bits per heavy atom. The lowest BCUT2D eigenvalue weighted by atomic mass is 10.2. The third kappa shape index (κ3) is 6.06. The van der Waals surface area contributed by atoms with E-state index >= 15 is 0 Å². The van der Waals surface area contributed by atoms with Crippen molar-refractivity contribution in [3.8, 4) is 0 Å². The lowest BCUT2D eigenvalue weighted by Gasteiger charge is -2.17. The molecule has 2 atom stereocenters. The van der Waals surface area contributed by atoms with Gasteiger partial charge in [-0.1, -0.05) is 0 Å². The average molecular weight is 423 g/mol. The predicted molar refractivity (Wildman–Crippen MR) is 102 cm³/mol. The number of nitrogens with zero attached hydrogens (tertiary/aromatic N) is 3. The lowest BCUT2D eigenvalue weighted by molar-refractivity contribution is 0.579. The van der Waals surface area contributed by atoms with Gasteiger partial charge in [-0.3, -0.25) is 9.67 Å². The summed E-state index contributed by atoms with van der Waals surface area (Å²) < 4.78 is 1.95. The molecule has 2 unspecified atom stereocenters. The number of hydrogen-bond donors (Lipinski definition) is 2. The first-order valence-electron chi connectivity index (χ1n) is 7.20. The number of halogens is 1. The van der Waals surface area contributed by atoms with E-state index in [2.05, 4.69) is 40.1 Å². The molecule has 1 aliphatic carbocycles. The monoisotopic (exact) mass is 423 g/mol. The third-order valence-electron chi connectivity index (χ3n) is 3.68. The highest BCUT2D eigenvalue weighted by Gasteiger charge is 2.24. The number of nitrogens with one attached hydrogen (secondary N) is 2. The van der Waals surface area contributed by atoms with Crippen molar-refractivity contribution in [1.29, 1.82) is 0 Å². The third-order valence-corrected chi connectivity index (χ3v) is 4.77. The molecule has 120 valence electrons. The molecule has 7 heteroatoms. The zero-order chi connectivity index (χ0) is 14.4. The highest BCUT2D eigenvalue weighted by molar-refractivity contribution is 14.0. The van der Waals surface area contributed by atoms with Gasteiger partial charge in [-0.25, -0.2) is 0 Å². The van der Waals surface area contributed by atoms with E-state index in [4.69, 9.17) is 0 Å². The van der Waals surface area contributed by atoms with E-state index in [9.17, 15) is 0 Å². The molecular weight excluding hydrogens is 397 g/mol. The Morgan fingerprint density at radius 3 is 2.90 bits per heavy atom. The van der Waals surface area contributed by atoms with Crippen LogP contribution in [-0.4, -0.2) is 46.9 Å². The van der Waals surface area contributed by atoms with Crippen molar-refractivity contribution in [2.45, 2.75) is 44.0 Å². The number of rotatable bonds is 5. The Hall–Kier alpha value is -0.440. The maximum atomic E-state index is 4.30. The largest absolute Gasteiger partial charge is 0.355 e.